The summed E-state index contributed by atoms with van der Waals surface area (Å²) in [6.07, 6.45) is -3.35. The first-order valence-corrected chi connectivity index (χ1v) is 7.49. The second-order valence-corrected chi connectivity index (χ2v) is 5.45. The highest BCUT2D eigenvalue weighted by atomic mass is 19.4. The Kier molecular flexibility index (Phi) is 5.81. The van der Waals surface area contributed by atoms with Crippen LogP contribution in [0.2, 0.25) is 0 Å². The van der Waals surface area contributed by atoms with E-state index in [1.807, 2.05) is 0 Å². The molecule has 2 N–H and O–H groups in total. The molecule has 2 amide bonds. The summed E-state index contributed by atoms with van der Waals surface area (Å²) in [5.74, 6) is -0.977. The van der Waals surface area contributed by atoms with Gasteiger partial charge in [0.1, 0.15) is 0 Å². The number of nitrogens with zero attached hydrogens (tertiary/aromatic N) is 1. The molecule has 0 atom stereocenters. The van der Waals surface area contributed by atoms with E-state index in [2.05, 4.69) is 20.4 Å². The minimum Gasteiger partial charge on any atom is -0.468 e. The van der Waals surface area contributed by atoms with Crippen LogP contribution in [0.5, 0.6) is 5.88 Å². The van der Waals surface area contributed by atoms with Gasteiger partial charge < -0.3 is 15.4 Å². The minimum atomic E-state index is -4.46. The number of aryl methyl sites for hydroxylation is 1. The third-order valence-corrected chi connectivity index (χ3v) is 3.19. The van der Waals surface area contributed by atoms with E-state index in [1.165, 1.54) is 19.1 Å². The first-order chi connectivity index (χ1) is 12.1. The molecule has 0 aliphatic heterocycles. The summed E-state index contributed by atoms with van der Waals surface area (Å²) in [6, 6.07) is 7.47. The predicted molar refractivity (Wildman–Crippen MR) is 89.2 cm³/mol. The number of aromatic nitrogens is 1. The zero-order valence-corrected chi connectivity index (χ0v) is 14.0. The smallest absolute Gasteiger partial charge is 0.422 e. The average Bonchev–Trinajstić information content (AvgIpc) is 2.55. The van der Waals surface area contributed by atoms with Gasteiger partial charge in [0, 0.05) is 30.6 Å². The fraction of sp³-hybridized carbons (Fsp3) is 0.235. The van der Waals surface area contributed by atoms with E-state index in [-0.39, 0.29) is 17.4 Å². The molecule has 6 nitrogen and oxygen atoms in total. The highest BCUT2D eigenvalue weighted by molar-refractivity contribution is 6.04. The van der Waals surface area contributed by atoms with Crippen molar-refractivity contribution in [3.05, 3.63) is 47.7 Å². The number of hydrogen-bond donors (Lipinski definition) is 2. The molecule has 1 heterocycles. The normalized spacial score (nSPS) is 11.0. The fourth-order valence-corrected chi connectivity index (χ4v) is 1.98. The highest BCUT2D eigenvalue weighted by Crippen LogP contribution is 2.21. The van der Waals surface area contributed by atoms with Crippen LogP contribution in [-0.2, 0) is 4.79 Å². The van der Waals surface area contributed by atoms with E-state index in [1.54, 1.807) is 25.1 Å². The molecule has 26 heavy (non-hydrogen) atoms. The number of carbonyl (C=O) groups is 2. The lowest BCUT2D eigenvalue weighted by molar-refractivity contribution is -0.154. The van der Waals surface area contributed by atoms with Gasteiger partial charge in [0.05, 0.1) is 5.56 Å². The van der Waals surface area contributed by atoms with Crippen molar-refractivity contribution in [2.24, 2.45) is 0 Å². The molecule has 9 heteroatoms. The molecule has 1 aromatic carbocycles. The summed E-state index contributed by atoms with van der Waals surface area (Å²) in [5.41, 5.74) is 1.98. The Morgan fingerprint density at radius 1 is 1.15 bits per heavy atom. The SMILES string of the molecule is CC(=O)Nc1cc(NC(=O)c2ccc(OCC(F)(F)F)nc2)ccc1C. The van der Waals surface area contributed by atoms with Crippen molar-refractivity contribution < 1.29 is 27.5 Å². The van der Waals surface area contributed by atoms with E-state index in [9.17, 15) is 22.8 Å². The molecule has 0 aliphatic rings. The number of rotatable bonds is 5. The first-order valence-electron chi connectivity index (χ1n) is 7.49. The molecule has 138 valence electrons. The zero-order chi connectivity index (χ0) is 19.3. The van der Waals surface area contributed by atoms with E-state index in [4.69, 9.17) is 0 Å². The third kappa shape index (κ3) is 5.76. The Hall–Kier alpha value is -3.10. The molecular weight excluding hydrogens is 351 g/mol. The van der Waals surface area contributed by atoms with Crippen LogP contribution >= 0.6 is 0 Å². The van der Waals surface area contributed by atoms with Crippen LogP contribution in [0.4, 0.5) is 24.5 Å². The number of pyridine rings is 1. The third-order valence-electron chi connectivity index (χ3n) is 3.19. The molecule has 0 bridgehead atoms. The molecule has 0 spiro atoms. The Balaban J connectivity index is 2.04. The van der Waals surface area contributed by atoms with Crippen LogP contribution in [0.1, 0.15) is 22.8 Å². The van der Waals surface area contributed by atoms with E-state index in [0.717, 1.165) is 11.8 Å². The van der Waals surface area contributed by atoms with Crippen molar-refractivity contribution in [3.63, 3.8) is 0 Å². The lowest BCUT2D eigenvalue weighted by Crippen LogP contribution is -2.19. The quantitative estimate of drug-likeness (QED) is 0.847. The maximum absolute atomic E-state index is 12.2. The van der Waals surface area contributed by atoms with Gasteiger partial charge in [0.2, 0.25) is 11.8 Å². The number of halogens is 3. The number of anilines is 2. The molecular formula is C17H16F3N3O3. The first kappa shape index (κ1) is 19.2. The number of amides is 2. The van der Waals surface area contributed by atoms with Crippen LogP contribution in [0.3, 0.4) is 0 Å². The van der Waals surface area contributed by atoms with Gasteiger partial charge in [-0.1, -0.05) is 6.07 Å². The van der Waals surface area contributed by atoms with Crippen LogP contribution in [0.15, 0.2) is 36.5 Å². The number of benzene rings is 1. The molecule has 0 fully saturated rings. The molecule has 1 aromatic heterocycles. The van der Waals surface area contributed by atoms with Gasteiger partial charge in [-0.2, -0.15) is 13.2 Å². The summed E-state index contributed by atoms with van der Waals surface area (Å²) in [6.45, 7) is 1.72. The minimum absolute atomic E-state index is 0.144. The molecule has 2 rings (SSSR count). The monoisotopic (exact) mass is 367 g/mol. The van der Waals surface area contributed by atoms with Gasteiger partial charge in [-0.15, -0.1) is 0 Å². The molecule has 0 unspecified atom stereocenters. The van der Waals surface area contributed by atoms with Crippen LogP contribution in [0, 0.1) is 6.92 Å². The Labute approximate surface area is 147 Å². The standard InChI is InChI=1S/C17H16F3N3O3/c1-10-3-5-13(7-14(10)22-11(2)24)23-16(25)12-4-6-15(21-8-12)26-9-17(18,19)20/h3-8H,9H2,1-2H3,(H,22,24)(H,23,25). The van der Waals surface area contributed by atoms with Gasteiger partial charge in [-0.25, -0.2) is 4.98 Å². The fourth-order valence-electron chi connectivity index (χ4n) is 1.98. The van der Waals surface area contributed by atoms with Crippen LogP contribution in [0.25, 0.3) is 0 Å². The predicted octanol–water partition coefficient (Wildman–Crippen LogP) is 3.54. The van der Waals surface area contributed by atoms with Gasteiger partial charge in [-0.3, -0.25) is 9.59 Å². The molecule has 0 aliphatic carbocycles. The van der Waals surface area contributed by atoms with Crippen LogP contribution < -0.4 is 15.4 Å². The largest absolute Gasteiger partial charge is 0.468 e. The summed E-state index contributed by atoms with van der Waals surface area (Å²) in [4.78, 5) is 27.1. The number of carbonyl (C=O) groups excluding carboxylic acids is 2. The van der Waals surface area contributed by atoms with Gasteiger partial charge >= 0.3 is 6.18 Å². The molecule has 0 saturated carbocycles. The molecule has 0 radical (unpaired) electrons. The van der Waals surface area contributed by atoms with Crippen molar-refractivity contribution in [1.29, 1.82) is 0 Å². The van der Waals surface area contributed by atoms with Gasteiger partial charge in [0.25, 0.3) is 5.91 Å². The lowest BCUT2D eigenvalue weighted by atomic mass is 10.1. The van der Waals surface area contributed by atoms with E-state index in [0.29, 0.717) is 11.4 Å². The lowest BCUT2D eigenvalue weighted by Gasteiger charge is -2.11. The van der Waals surface area contributed by atoms with Crippen molar-refractivity contribution in [1.82, 2.24) is 4.98 Å². The second-order valence-electron chi connectivity index (χ2n) is 5.45. The van der Waals surface area contributed by atoms with Gasteiger partial charge in [-0.05, 0) is 30.7 Å². The number of alkyl halides is 3. The summed E-state index contributed by atoms with van der Waals surface area (Å²) in [5, 5.41) is 5.27. The second kappa shape index (κ2) is 7.85. The summed E-state index contributed by atoms with van der Waals surface area (Å²) >= 11 is 0. The molecule has 2 aromatic rings. The number of hydrogen-bond acceptors (Lipinski definition) is 4. The summed E-state index contributed by atoms with van der Waals surface area (Å²) < 4.78 is 40.7. The van der Waals surface area contributed by atoms with E-state index < -0.39 is 18.7 Å². The van der Waals surface area contributed by atoms with Crippen molar-refractivity contribution in [2.75, 3.05) is 17.2 Å². The van der Waals surface area contributed by atoms with Crippen molar-refractivity contribution in [3.8, 4) is 5.88 Å². The van der Waals surface area contributed by atoms with E-state index >= 15 is 0 Å². The summed E-state index contributed by atoms with van der Waals surface area (Å²) in [7, 11) is 0. The van der Waals surface area contributed by atoms with Gasteiger partial charge in [0.15, 0.2) is 6.61 Å². The number of ether oxygens (including phenoxy) is 1. The topological polar surface area (TPSA) is 80.3 Å². The number of nitrogens with one attached hydrogen (secondary N) is 2. The average molecular weight is 367 g/mol. The Bertz CT molecular complexity index is 805. The Morgan fingerprint density at radius 3 is 2.46 bits per heavy atom. The maximum atomic E-state index is 12.2. The highest BCUT2D eigenvalue weighted by Gasteiger charge is 2.28. The van der Waals surface area contributed by atoms with Crippen molar-refractivity contribution >= 4 is 23.2 Å². The zero-order valence-electron chi connectivity index (χ0n) is 14.0. The van der Waals surface area contributed by atoms with Crippen molar-refractivity contribution in [2.45, 2.75) is 20.0 Å². The molecule has 0 saturated heterocycles. The maximum Gasteiger partial charge on any atom is 0.422 e. The van der Waals surface area contributed by atoms with Crippen LogP contribution in [-0.4, -0.2) is 29.6 Å². The Morgan fingerprint density at radius 2 is 1.88 bits per heavy atom.